The van der Waals surface area contributed by atoms with Gasteiger partial charge in [-0.05, 0) is 43.1 Å². The van der Waals surface area contributed by atoms with E-state index in [0.717, 1.165) is 17.5 Å². The topological polar surface area (TPSA) is 88.4 Å². The molecule has 0 aromatic carbocycles. The number of rotatable bonds is 3. The smallest absolute Gasteiger partial charge is 0.321 e. The number of amides is 3. The van der Waals surface area contributed by atoms with Crippen LogP contribution in [0.3, 0.4) is 0 Å². The summed E-state index contributed by atoms with van der Waals surface area (Å²) in [6.45, 7) is 0.286. The quantitative estimate of drug-likeness (QED) is 0.890. The van der Waals surface area contributed by atoms with E-state index in [9.17, 15) is 9.59 Å². The van der Waals surface area contributed by atoms with Gasteiger partial charge in [0.15, 0.2) is 5.65 Å². The van der Waals surface area contributed by atoms with Crippen LogP contribution in [0, 0.1) is 11.8 Å². The maximum Gasteiger partial charge on any atom is 0.321 e. The Morgan fingerprint density at radius 3 is 2.91 bits per heavy atom. The lowest BCUT2D eigenvalue weighted by Gasteiger charge is -2.22. The number of imidazole rings is 1. The first-order valence-electron chi connectivity index (χ1n) is 8.13. The molecular formula is C16H17N5O2. The van der Waals surface area contributed by atoms with Crippen molar-refractivity contribution in [3.63, 3.8) is 0 Å². The van der Waals surface area contributed by atoms with Crippen LogP contribution in [0.2, 0.25) is 0 Å². The number of hydrogen-bond donors (Lipinski definition) is 2. The number of nitrogens with one attached hydrogen (secondary N) is 2. The summed E-state index contributed by atoms with van der Waals surface area (Å²) in [5.41, 5.74) is 2.79. The molecule has 23 heavy (non-hydrogen) atoms. The summed E-state index contributed by atoms with van der Waals surface area (Å²) < 4.78 is 1.76. The van der Waals surface area contributed by atoms with E-state index in [0.29, 0.717) is 11.6 Å². The molecule has 3 aliphatic rings. The van der Waals surface area contributed by atoms with Gasteiger partial charge in [0.05, 0.1) is 11.6 Å². The predicted molar refractivity (Wildman–Crippen MR) is 80.8 cm³/mol. The van der Waals surface area contributed by atoms with E-state index in [1.54, 1.807) is 10.7 Å². The number of urea groups is 1. The first kappa shape index (κ1) is 13.0. The number of fused-ring (bicyclic) bond motifs is 1. The van der Waals surface area contributed by atoms with Crippen LogP contribution in [-0.2, 0) is 4.79 Å². The highest BCUT2D eigenvalue weighted by Crippen LogP contribution is 2.59. The molecule has 2 N–H and O–H groups in total. The molecule has 7 nitrogen and oxygen atoms in total. The van der Waals surface area contributed by atoms with Crippen molar-refractivity contribution >= 4 is 17.6 Å². The van der Waals surface area contributed by atoms with E-state index < -0.39 is 11.9 Å². The first-order chi connectivity index (χ1) is 11.2. The monoisotopic (exact) mass is 311 g/mol. The lowest BCUT2D eigenvalue weighted by Crippen LogP contribution is -2.51. The highest BCUT2D eigenvalue weighted by Gasteiger charge is 2.49. The maximum atomic E-state index is 12.1. The third kappa shape index (κ3) is 2.10. The van der Waals surface area contributed by atoms with Crippen molar-refractivity contribution in [2.45, 2.75) is 31.1 Å². The van der Waals surface area contributed by atoms with Crippen LogP contribution in [0.5, 0.6) is 0 Å². The summed E-state index contributed by atoms with van der Waals surface area (Å²) in [6.07, 6.45) is 7.47. The van der Waals surface area contributed by atoms with Crippen LogP contribution >= 0.6 is 0 Å². The van der Waals surface area contributed by atoms with Crippen molar-refractivity contribution in [2.75, 3.05) is 6.54 Å². The van der Waals surface area contributed by atoms with Crippen molar-refractivity contribution in [1.29, 1.82) is 0 Å². The van der Waals surface area contributed by atoms with Gasteiger partial charge in [-0.25, -0.2) is 14.3 Å². The van der Waals surface area contributed by atoms with Crippen LogP contribution in [-0.4, -0.2) is 33.1 Å². The van der Waals surface area contributed by atoms with E-state index >= 15 is 0 Å². The van der Waals surface area contributed by atoms with Gasteiger partial charge in [-0.3, -0.25) is 10.1 Å². The number of hydrogen-bond acceptors (Lipinski definition) is 4. The molecule has 118 valence electrons. The largest absolute Gasteiger partial charge is 0.337 e. The van der Waals surface area contributed by atoms with Crippen LogP contribution < -0.4 is 10.6 Å². The second kappa shape index (κ2) is 4.53. The fraction of sp³-hybridized carbons (Fsp3) is 0.500. The van der Waals surface area contributed by atoms with Gasteiger partial charge >= 0.3 is 6.03 Å². The molecule has 3 heterocycles. The third-order valence-electron chi connectivity index (χ3n) is 5.25. The Bertz CT molecular complexity index is 825. The molecule has 2 aromatic rings. The van der Waals surface area contributed by atoms with E-state index in [1.807, 2.05) is 12.3 Å². The Morgan fingerprint density at radius 2 is 2.13 bits per heavy atom. The molecule has 1 saturated heterocycles. The summed E-state index contributed by atoms with van der Waals surface area (Å²) in [7, 11) is 0. The van der Waals surface area contributed by atoms with Crippen LogP contribution in [0.4, 0.5) is 4.79 Å². The van der Waals surface area contributed by atoms with Gasteiger partial charge in [0.25, 0.3) is 0 Å². The van der Waals surface area contributed by atoms with E-state index in [2.05, 4.69) is 20.7 Å². The molecule has 3 atom stereocenters. The molecule has 3 amide bonds. The predicted octanol–water partition coefficient (Wildman–Crippen LogP) is 1.17. The molecule has 5 rings (SSSR count). The Morgan fingerprint density at radius 1 is 1.26 bits per heavy atom. The molecule has 0 bridgehead atoms. The molecule has 0 radical (unpaired) electrons. The third-order valence-corrected chi connectivity index (χ3v) is 5.25. The van der Waals surface area contributed by atoms with Crippen molar-refractivity contribution in [1.82, 2.24) is 25.2 Å². The van der Waals surface area contributed by atoms with Crippen molar-refractivity contribution in [3.05, 3.63) is 29.7 Å². The molecule has 7 heteroatoms. The molecule has 1 unspecified atom stereocenters. The average molecular weight is 311 g/mol. The van der Waals surface area contributed by atoms with E-state index in [-0.39, 0.29) is 12.5 Å². The Hall–Kier alpha value is -2.44. The Labute approximate surface area is 132 Å². The van der Waals surface area contributed by atoms with Gasteiger partial charge < -0.3 is 5.32 Å². The van der Waals surface area contributed by atoms with Gasteiger partial charge in [-0.15, -0.1) is 0 Å². The van der Waals surface area contributed by atoms with Gasteiger partial charge in [0, 0.05) is 24.5 Å². The minimum Gasteiger partial charge on any atom is -0.337 e. The number of carbonyl (C=O) groups is 2. The van der Waals surface area contributed by atoms with Crippen molar-refractivity contribution < 1.29 is 9.59 Å². The highest BCUT2D eigenvalue weighted by atomic mass is 16.2. The molecule has 2 aliphatic carbocycles. The van der Waals surface area contributed by atoms with Gasteiger partial charge in [-0.2, -0.15) is 5.10 Å². The minimum absolute atomic E-state index is 0.286. The lowest BCUT2D eigenvalue weighted by atomic mass is 9.99. The molecule has 2 aromatic heterocycles. The fourth-order valence-corrected chi connectivity index (χ4v) is 3.79. The fourth-order valence-electron chi connectivity index (χ4n) is 3.79. The number of aromatic nitrogens is 3. The highest BCUT2D eigenvalue weighted by molar-refractivity contribution is 6.00. The standard InChI is InChI=1S/C16H17N5O2/c22-15-12(7-18-16(23)19-15)13-6-11(10-5-9(10)8-1-2-8)14-17-3-4-21(14)20-13/h3-4,6,8-10,12H,1-2,5,7H2,(H2,18,19,22,23)/t9-,10+,12?/m0/s1. The summed E-state index contributed by atoms with van der Waals surface area (Å²) in [4.78, 5) is 27.8. The van der Waals surface area contributed by atoms with Crippen LogP contribution in [0.25, 0.3) is 5.65 Å². The summed E-state index contributed by atoms with van der Waals surface area (Å²) in [5.74, 6) is 1.45. The Kier molecular flexibility index (Phi) is 2.57. The zero-order valence-corrected chi connectivity index (χ0v) is 12.5. The maximum absolute atomic E-state index is 12.1. The normalized spacial score (nSPS) is 30.2. The minimum atomic E-state index is -0.448. The molecular weight excluding hydrogens is 294 g/mol. The Balaban J connectivity index is 1.54. The lowest BCUT2D eigenvalue weighted by molar-refractivity contribution is -0.122. The van der Waals surface area contributed by atoms with Crippen LogP contribution in [0.1, 0.15) is 42.4 Å². The van der Waals surface area contributed by atoms with Crippen molar-refractivity contribution in [2.24, 2.45) is 11.8 Å². The van der Waals surface area contributed by atoms with E-state index in [1.165, 1.54) is 24.8 Å². The number of carbonyl (C=O) groups excluding carboxylic acids is 2. The number of nitrogens with zero attached hydrogens (tertiary/aromatic N) is 3. The first-order valence-corrected chi connectivity index (χ1v) is 8.13. The summed E-state index contributed by atoms with van der Waals surface area (Å²) >= 11 is 0. The molecule has 3 fully saturated rings. The van der Waals surface area contributed by atoms with Crippen LogP contribution in [0.15, 0.2) is 18.5 Å². The van der Waals surface area contributed by atoms with E-state index in [4.69, 9.17) is 0 Å². The SMILES string of the molecule is O=C1NCC(c2cc([C@@H]3C[C@H]3C3CC3)c3nccn3n2)C(=O)N1. The second-order valence-electron chi connectivity index (χ2n) is 6.82. The molecule has 1 aliphatic heterocycles. The summed E-state index contributed by atoms with van der Waals surface area (Å²) in [5, 5.41) is 9.52. The second-order valence-corrected chi connectivity index (χ2v) is 6.82. The summed E-state index contributed by atoms with van der Waals surface area (Å²) in [6, 6.07) is 1.59. The molecule has 0 spiro atoms. The average Bonchev–Trinajstić information content (AvgIpc) is 3.42. The van der Waals surface area contributed by atoms with Crippen molar-refractivity contribution in [3.8, 4) is 0 Å². The zero-order valence-electron chi connectivity index (χ0n) is 12.5. The molecule has 2 saturated carbocycles. The van der Waals surface area contributed by atoms with Gasteiger partial charge in [-0.1, -0.05) is 0 Å². The van der Waals surface area contributed by atoms with Gasteiger partial charge in [0.1, 0.15) is 0 Å². The zero-order chi connectivity index (χ0) is 15.6. The number of imide groups is 1. The van der Waals surface area contributed by atoms with Gasteiger partial charge in [0.2, 0.25) is 5.91 Å².